The maximum atomic E-state index is 4.50. The Hall–Kier alpha value is -1.94. The molecule has 1 aliphatic carbocycles. The van der Waals surface area contributed by atoms with Gasteiger partial charge in [-0.25, -0.2) is 9.97 Å². The minimum absolute atomic E-state index is 0.965. The van der Waals surface area contributed by atoms with Crippen molar-refractivity contribution < 1.29 is 0 Å². The molecule has 4 heteroatoms. The topological polar surface area (TPSA) is 49.8 Å². The molecule has 0 fully saturated rings. The van der Waals surface area contributed by atoms with Crippen LogP contribution in [0.2, 0.25) is 0 Å². The summed E-state index contributed by atoms with van der Waals surface area (Å²) in [5.74, 6) is 1.01. The minimum atomic E-state index is 0.965. The van der Waals surface area contributed by atoms with E-state index >= 15 is 0 Å². The van der Waals surface area contributed by atoms with Crippen molar-refractivity contribution in [2.24, 2.45) is 0 Å². The summed E-state index contributed by atoms with van der Waals surface area (Å²) in [6.45, 7) is 2.01. The molecule has 2 aliphatic rings. The van der Waals surface area contributed by atoms with E-state index < -0.39 is 0 Å². The number of fused-ring (bicyclic) bond motifs is 2. The molecule has 108 valence electrons. The fourth-order valence-corrected chi connectivity index (χ4v) is 3.41. The molecule has 0 radical (unpaired) electrons. The smallest absolute Gasteiger partial charge is 0.137 e. The van der Waals surface area contributed by atoms with E-state index in [2.05, 4.69) is 38.8 Å². The summed E-state index contributed by atoms with van der Waals surface area (Å²) < 4.78 is 0. The average Bonchev–Trinajstić information content (AvgIpc) is 2.56. The van der Waals surface area contributed by atoms with E-state index in [1.165, 1.54) is 40.9 Å². The molecule has 0 saturated heterocycles. The quantitative estimate of drug-likeness (QED) is 0.888. The summed E-state index contributed by atoms with van der Waals surface area (Å²) in [6, 6.07) is 6.51. The maximum absolute atomic E-state index is 4.50. The van der Waals surface area contributed by atoms with Crippen LogP contribution in [0.15, 0.2) is 24.5 Å². The Morgan fingerprint density at radius 3 is 2.95 bits per heavy atom. The standard InChI is InChI=1S/C17H20N4/c1-2-6-15-14(5-1)17(20-11-19-15)21-16-7-3-4-12-10-18-9-8-13(12)16/h3-4,7,11,18H,1-2,5-6,8-10H2,(H,19,20,21). The lowest BCUT2D eigenvalue weighted by atomic mass is 9.95. The van der Waals surface area contributed by atoms with Crippen LogP contribution in [0.4, 0.5) is 11.5 Å². The molecular formula is C17H20N4. The van der Waals surface area contributed by atoms with Crippen LogP contribution in [0.25, 0.3) is 0 Å². The van der Waals surface area contributed by atoms with Crippen molar-refractivity contribution >= 4 is 11.5 Å². The van der Waals surface area contributed by atoms with Crippen molar-refractivity contribution in [3.05, 3.63) is 46.9 Å². The second kappa shape index (κ2) is 5.45. The lowest BCUT2D eigenvalue weighted by Crippen LogP contribution is -2.24. The fraction of sp³-hybridized carbons (Fsp3) is 0.412. The second-order valence-corrected chi connectivity index (χ2v) is 5.85. The van der Waals surface area contributed by atoms with E-state index in [-0.39, 0.29) is 0 Å². The van der Waals surface area contributed by atoms with Gasteiger partial charge in [0.05, 0.1) is 0 Å². The Balaban J connectivity index is 1.71. The molecule has 0 unspecified atom stereocenters. The molecule has 2 aromatic rings. The molecule has 0 spiro atoms. The molecule has 4 nitrogen and oxygen atoms in total. The third-order valence-electron chi connectivity index (χ3n) is 4.52. The van der Waals surface area contributed by atoms with Crippen LogP contribution in [-0.4, -0.2) is 16.5 Å². The van der Waals surface area contributed by atoms with Gasteiger partial charge in [0.25, 0.3) is 0 Å². The van der Waals surface area contributed by atoms with E-state index in [0.717, 1.165) is 38.2 Å². The van der Waals surface area contributed by atoms with Gasteiger partial charge in [-0.15, -0.1) is 0 Å². The van der Waals surface area contributed by atoms with Crippen LogP contribution in [-0.2, 0) is 25.8 Å². The molecule has 0 saturated carbocycles. The van der Waals surface area contributed by atoms with E-state index in [0.29, 0.717) is 0 Å². The monoisotopic (exact) mass is 280 g/mol. The van der Waals surface area contributed by atoms with Gasteiger partial charge >= 0.3 is 0 Å². The van der Waals surface area contributed by atoms with E-state index in [4.69, 9.17) is 0 Å². The van der Waals surface area contributed by atoms with Crippen molar-refractivity contribution in [1.82, 2.24) is 15.3 Å². The second-order valence-electron chi connectivity index (χ2n) is 5.85. The lowest BCUT2D eigenvalue weighted by Gasteiger charge is -2.23. The molecule has 0 amide bonds. The zero-order valence-corrected chi connectivity index (χ0v) is 12.2. The first-order valence-corrected chi connectivity index (χ1v) is 7.83. The number of aromatic nitrogens is 2. The fourth-order valence-electron chi connectivity index (χ4n) is 3.41. The zero-order valence-electron chi connectivity index (χ0n) is 12.2. The van der Waals surface area contributed by atoms with E-state index in [1.807, 2.05) is 0 Å². The van der Waals surface area contributed by atoms with Gasteiger partial charge in [0.2, 0.25) is 0 Å². The van der Waals surface area contributed by atoms with Gasteiger partial charge in [-0.1, -0.05) is 12.1 Å². The highest BCUT2D eigenvalue weighted by Crippen LogP contribution is 2.30. The first kappa shape index (κ1) is 12.8. The largest absolute Gasteiger partial charge is 0.340 e. The first-order valence-electron chi connectivity index (χ1n) is 7.83. The molecule has 4 rings (SSSR count). The van der Waals surface area contributed by atoms with Crippen LogP contribution in [0.1, 0.15) is 35.2 Å². The summed E-state index contributed by atoms with van der Waals surface area (Å²) >= 11 is 0. The Kier molecular flexibility index (Phi) is 3.31. The molecule has 1 aromatic carbocycles. The molecule has 21 heavy (non-hydrogen) atoms. The van der Waals surface area contributed by atoms with Crippen molar-refractivity contribution in [2.75, 3.05) is 11.9 Å². The van der Waals surface area contributed by atoms with Gasteiger partial charge in [0.1, 0.15) is 12.1 Å². The van der Waals surface area contributed by atoms with Gasteiger partial charge < -0.3 is 10.6 Å². The number of anilines is 2. The molecule has 1 aliphatic heterocycles. The summed E-state index contributed by atoms with van der Waals surface area (Å²) in [4.78, 5) is 8.95. The minimum Gasteiger partial charge on any atom is -0.340 e. The number of hydrogen-bond acceptors (Lipinski definition) is 4. The van der Waals surface area contributed by atoms with Gasteiger partial charge in [-0.3, -0.25) is 0 Å². The van der Waals surface area contributed by atoms with E-state index in [1.54, 1.807) is 6.33 Å². The zero-order chi connectivity index (χ0) is 14.1. The Morgan fingerprint density at radius 2 is 1.95 bits per heavy atom. The number of benzene rings is 1. The SMILES string of the molecule is c1cc2c(c(Nc3ncnc4c3CCCC4)c1)CCNC2. The Bertz CT molecular complexity index is 608. The Morgan fingerprint density at radius 1 is 1.00 bits per heavy atom. The molecular weight excluding hydrogens is 260 g/mol. The highest BCUT2D eigenvalue weighted by Gasteiger charge is 2.17. The van der Waals surface area contributed by atoms with Crippen LogP contribution < -0.4 is 10.6 Å². The third kappa shape index (κ3) is 2.40. The summed E-state index contributed by atoms with van der Waals surface area (Å²) in [7, 11) is 0. The number of aryl methyl sites for hydroxylation is 1. The lowest BCUT2D eigenvalue weighted by molar-refractivity contribution is 0.644. The van der Waals surface area contributed by atoms with Crippen molar-refractivity contribution in [3.63, 3.8) is 0 Å². The van der Waals surface area contributed by atoms with Gasteiger partial charge in [-0.2, -0.15) is 0 Å². The average molecular weight is 280 g/mol. The molecule has 2 N–H and O–H groups in total. The van der Waals surface area contributed by atoms with Gasteiger partial charge in [0.15, 0.2) is 0 Å². The van der Waals surface area contributed by atoms with Crippen LogP contribution in [0.5, 0.6) is 0 Å². The molecule has 2 heterocycles. The van der Waals surface area contributed by atoms with Gasteiger partial charge in [0, 0.05) is 23.5 Å². The van der Waals surface area contributed by atoms with Gasteiger partial charge in [-0.05, 0) is 55.8 Å². The number of nitrogens with zero attached hydrogens (tertiary/aromatic N) is 2. The van der Waals surface area contributed by atoms with Crippen molar-refractivity contribution in [3.8, 4) is 0 Å². The summed E-state index contributed by atoms with van der Waals surface area (Å²) in [5, 5.41) is 7.01. The maximum Gasteiger partial charge on any atom is 0.137 e. The highest BCUT2D eigenvalue weighted by molar-refractivity contribution is 5.65. The normalized spacial score (nSPS) is 17.0. The number of hydrogen-bond donors (Lipinski definition) is 2. The molecule has 0 bridgehead atoms. The third-order valence-corrected chi connectivity index (χ3v) is 4.52. The van der Waals surface area contributed by atoms with Crippen LogP contribution >= 0.6 is 0 Å². The Labute approximate surface area is 125 Å². The number of rotatable bonds is 2. The van der Waals surface area contributed by atoms with Crippen LogP contribution in [0.3, 0.4) is 0 Å². The highest BCUT2D eigenvalue weighted by atomic mass is 15.0. The summed E-state index contributed by atoms with van der Waals surface area (Å²) in [5.41, 5.74) is 6.58. The molecule has 1 aromatic heterocycles. The van der Waals surface area contributed by atoms with Crippen molar-refractivity contribution in [1.29, 1.82) is 0 Å². The predicted octanol–water partition coefficient (Wildman–Crippen LogP) is 2.74. The predicted molar refractivity (Wildman–Crippen MR) is 83.8 cm³/mol. The molecule has 0 atom stereocenters. The number of nitrogens with one attached hydrogen (secondary N) is 2. The van der Waals surface area contributed by atoms with Crippen LogP contribution in [0, 0.1) is 0 Å². The van der Waals surface area contributed by atoms with Crippen molar-refractivity contribution in [2.45, 2.75) is 38.6 Å². The van der Waals surface area contributed by atoms with E-state index in [9.17, 15) is 0 Å². The first-order chi connectivity index (χ1) is 10.4. The summed E-state index contributed by atoms with van der Waals surface area (Å²) in [6.07, 6.45) is 7.44.